The van der Waals surface area contributed by atoms with Gasteiger partial charge in [-0.3, -0.25) is 4.79 Å². The summed E-state index contributed by atoms with van der Waals surface area (Å²) in [6.07, 6.45) is 14.3. The number of nitrogens with zero attached hydrogens (tertiary/aromatic N) is 1. The summed E-state index contributed by atoms with van der Waals surface area (Å²) < 4.78 is 11.7. The lowest BCUT2D eigenvalue weighted by molar-refractivity contribution is -0.166. The third-order valence-electron chi connectivity index (χ3n) is 5.69. The Morgan fingerprint density at radius 1 is 1.04 bits per heavy atom. The normalized spacial score (nSPS) is 31.8. The van der Waals surface area contributed by atoms with E-state index in [0.29, 0.717) is 25.7 Å². The van der Waals surface area contributed by atoms with E-state index in [0.717, 1.165) is 19.3 Å². The van der Waals surface area contributed by atoms with Gasteiger partial charge in [0.2, 0.25) is 5.91 Å². The molecule has 1 heterocycles. The number of carbonyl (C=O) groups is 1. The van der Waals surface area contributed by atoms with Gasteiger partial charge in [0.05, 0.1) is 25.4 Å². The maximum absolute atomic E-state index is 12.3. The lowest BCUT2D eigenvalue weighted by atomic mass is 9.88. The topological polar surface area (TPSA) is 38.8 Å². The molecule has 3 fully saturated rings. The third kappa shape index (κ3) is 4.74. The van der Waals surface area contributed by atoms with Gasteiger partial charge >= 0.3 is 0 Å². The predicted molar refractivity (Wildman–Crippen MR) is 95.3 cm³/mol. The molecule has 2 aliphatic carbocycles. The van der Waals surface area contributed by atoms with Crippen LogP contribution in [0.5, 0.6) is 0 Å². The highest BCUT2D eigenvalue weighted by atomic mass is 35.5. The molecule has 0 aromatic heterocycles. The quantitative estimate of drug-likeness (QED) is 0.559. The average molecular weight is 356 g/mol. The highest BCUT2D eigenvalue weighted by Crippen LogP contribution is 2.30. The molecule has 0 spiro atoms. The first kappa shape index (κ1) is 18.2. The summed E-state index contributed by atoms with van der Waals surface area (Å²) in [5.41, 5.74) is 0. The number of hydrogen-bond acceptors (Lipinski definition) is 3. The van der Waals surface area contributed by atoms with E-state index in [4.69, 9.17) is 21.1 Å². The minimum atomic E-state index is 0.0325. The van der Waals surface area contributed by atoms with E-state index in [1.54, 1.807) is 0 Å². The van der Waals surface area contributed by atoms with E-state index in [1.807, 2.05) is 4.90 Å². The number of fused-ring (bicyclic) bond motifs is 1. The second-order valence-electron chi connectivity index (χ2n) is 7.29. The minimum absolute atomic E-state index is 0.0325. The molecule has 2 saturated carbocycles. The van der Waals surface area contributed by atoms with E-state index >= 15 is 0 Å². The molecule has 1 saturated heterocycles. The first-order valence-electron chi connectivity index (χ1n) is 9.53. The SMILES string of the molecule is O=C(CCl)N(C/C=C/C1CCCCC1)C1CCC2OCCOC2C1. The van der Waals surface area contributed by atoms with Crippen LogP contribution in [0.25, 0.3) is 0 Å². The van der Waals surface area contributed by atoms with Gasteiger partial charge in [0.15, 0.2) is 0 Å². The van der Waals surface area contributed by atoms with Crippen molar-refractivity contribution in [3.63, 3.8) is 0 Å². The van der Waals surface area contributed by atoms with Crippen LogP contribution in [0.4, 0.5) is 0 Å². The summed E-state index contributed by atoms with van der Waals surface area (Å²) in [5.74, 6) is 0.779. The fourth-order valence-electron chi connectivity index (χ4n) is 4.35. The molecule has 0 radical (unpaired) electrons. The van der Waals surface area contributed by atoms with E-state index in [-0.39, 0.29) is 30.0 Å². The maximum Gasteiger partial charge on any atom is 0.238 e. The van der Waals surface area contributed by atoms with Crippen LogP contribution in [0, 0.1) is 5.92 Å². The Morgan fingerprint density at radius 3 is 2.54 bits per heavy atom. The molecular weight excluding hydrogens is 326 g/mol. The summed E-state index contributed by atoms with van der Waals surface area (Å²) in [6, 6.07) is 0.218. The Balaban J connectivity index is 1.56. The molecule has 3 aliphatic rings. The van der Waals surface area contributed by atoms with Gasteiger partial charge in [-0.15, -0.1) is 11.6 Å². The Hall–Kier alpha value is -0.580. The largest absolute Gasteiger partial charge is 0.373 e. The summed E-state index contributed by atoms with van der Waals surface area (Å²) in [5, 5.41) is 0. The van der Waals surface area contributed by atoms with Crippen molar-refractivity contribution in [3.8, 4) is 0 Å². The molecule has 3 atom stereocenters. The fourth-order valence-corrected chi connectivity index (χ4v) is 4.51. The van der Waals surface area contributed by atoms with Gasteiger partial charge in [0.25, 0.3) is 0 Å². The van der Waals surface area contributed by atoms with Crippen LogP contribution in [0.2, 0.25) is 0 Å². The Morgan fingerprint density at radius 2 is 1.79 bits per heavy atom. The van der Waals surface area contributed by atoms with Crippen LogP contribution in [0.1, 0.15) is 51.4 Å². The van der Waals surface area contributed by atoms with Crippen LogP contribution < -0.4 is 0 Å². The van der Waals surface area contributed by atoms with Crippen molar-refractivity contribution < 1.29 is 14.3 Å². The number of hydrogen-bond donors (Lipinski definition) is 0. The van der Waals surface area contributed by atoms with E-state index in [2.05, 4.69) is 12.2 Å². The molecule has 136 valence electrons. The number of rotatable bonds is 5. The Bertz CT molecular complexity index is 436. The van der Waals surface area contributed by atoms with Gasteiger partial charge in [0, 0.05) is 12.6 Å². The second-order valence-corrected chi connectivity index (χ2v) is 7.56. The zero-order valence-electron chi connectivity index (χ0n) is 14.5. The Labute approximate surface area is 150 Å². The smallest absolute Gasteiger partial charge is 0.238 e. The molecule has 1 amide bonds. The molecule has 24 heavy (non-hydrogen) atoms. The van der Waals surface area contributed by atoms with Crippen molar-refractivity contribution in [3.05, 3.63) is 12.2 Å². The molecule has 0 N–H and O–H groups in total. The predicted octanol–water partition coefficient (Wildman–Crippen LogP) is 3.53. The van der Waals surface area contributed by atoms with Gasteiger partial charge in [0.1, 0.15) is 5.88 Å². The second kappa shape index (κ2) is 9.21. The van der Waals surface area contributed by atoms with Crippen LogP contribution in [-0.2, 0) is 14.3 Å². The number of amides is 1. The maximum atomic E-state index is 12.3. The highest BCUT2D eigenvalue weighted by Gasteiger charge is 2.37. The lowest BCUT2D eigenvalue weighted by Gasteiger charge is -2.42. The number of halogens is 1. The minimum Gasteiger partial charge on any atom is -0.373 e. The third-order valence-corrected chi connectivity index (χ3v) is 5.91. The summed E-state index contributed by atoms with van der Waals surface area (Å²) in [4.78, 5) is 14.3. The van der Waals surface area contributed by atoms with Crippen LogP contribution in [0.15, 0.2) is 12.2 Å². The van der Waals surface area contributed by atoms with Gasteiger partial charge in [-0.1, -0.05) is 31.4 Å². The summed E-state index contributed by atoms with van der Waals surface area (Å²) in [6.45, 7) is 2.03. The van der Waals surface area contributed by atoms with Crippen molar-refractivity contribution >= 4 is 17.5 Å². The summed E-state index contributed by atoms with van der Waals surface area (Å²) >= 11 is 5.86. The van der Waals surface area contributed by atoms with Crippen molar-refractivity contribution in [2.45, 2.75) is 69.6 Å². The van der Waals surface area contributed by atoms with Crippen molar-refractivity contribution in [2.24, 2.45) is 5.92 Å². The molecule has 5 heteroatoms. The van der Waals surface area contributed by atoms with Crippen LogP contribution in [0.3, 0.4) is 0 Å². The monoisotopic (exact) mass is 355 g/mol. The van der Waals surface area contributed by atoms with Crippen molar-refractivity contribution in [1.82, 2.24) is 4.90 Å². The van der Waals surface area contributed by atoms with E-state index in [9.17, 15) is 4.79 Å². The zero-order chi connectivity index (χ0) is 16.8. The van der Waals surface area contributed by atoms with Gasteiger partial charge in [-0.2, -0.15) is 0 Å². The molecular formula is C19H30ClNO3. The first-order chi connectivity index (χ1) is 11.8. The van der Waals surface area contributed by atoms with Crippen LogP contribution >= 0.6 is 11.6 Å². The molecule has 4 nitrogen and oxygen atoms in total. The standard InChI is InChI=1S/C19H30ClNO3/c20-14-19(22)21(10-4-7-15-5-2-1-3-6-15)16-8-9-17-18(13-16)24-12-11-23-17/h4,7,15-18H,1-3,5-6,8-14H2/b7-4+. The molecule has 3 rings (SSSR count). The van der Waals surface area contributed by atoms with E-state index in [1.165, 1.54) is 32.1 Å². The first-order valence-corrected chi connectivity index (χ1v) is 10.1. The van der Waals surface area contributed by atoms with Crippen LogP contribution in [-0.4, -0.2) is 54.7 Å². The molecule has 3 unspecified atom stereocenters. The van der Waals surface area contributed by atoms with Gasteiger partial charge in [-0.25, -0.2) is 0 Å². The lowest BCUT2D eigenvalue weighted by Crippen LogP contribution is -2.51. The fraction of sp³-hybridized carbons (Fsp3) is 0.842. The van der Waals surface area contributed by atoms with Gasteiger partial charge in [-0.05, 0) is 38.0 Å². The number of alkyl halides is 1. The molecule has 0 aromatic carbocycles. The number of ether oxygens (including phenoxy) is 2. The highest BCUT2D eigenvalue weighted by molar-refractivity contribution is 6.27. The van der Waals surface area contributed by atoms with E-state index < -0.39 is 0 Å². The zero-order valence-corrected chi connectivity index (χ0v) is 15.3. The number of allylic oxidation sites excluding steroid dienone is 1. The van der Waals surface area contributed by atoms with Crippen molar-refractivity contribution in [1.29, 1.82) is 0 Å². The number of carbonyl (C=O) groups excluding carboxylic acids is 1. The molecule has 0 bridgehead atoms. The molecule has 0 aromatic rings. The Kier molecular flexibility index (Phi) is 6.99. The van der Waals surface area contributed by atoms with Crippen molar-refractivity contribution in [2.75, 3.05) is 25.6 Å². The average Bonchev–Trinajstić information content (AvgIpc) is 2.65. The van der Waals surface area contributed by atoms with Gasteiger partial charge < -0.3 is 14.4 Å². The molecule has 1 aliphatic heterocycles. The summed E-state index contributed by atoms with van der Waals surface area (Å²) in [7, 11) is 0.